The predicted octanol–water partition coefficient (Wildman–Crippen LogP) is 0.882. The normalized spacial score (nSPS) is 18.6. The molecule has 0 amide bonds. The molecule has 7 heteroatoms. The van der Waals surface area contributed by atoms with Crippen molar-refractivity contribution in [3.8, 4) is 0 Å². The molecule has 0 radical (unpaired) electrons. The first-order valence-electron chi connectivity index (χ1n) is 6.28. The maximum atomic E-state index is 11.8. The molecular formula is C11H25ClN2O3S. The van der Waals surface area contributed by atoms with Crippen molar-refractivity contribution in [1.82, 2.24) is 4.72 Å². The minimum absolute atomic E-state index is 0. The summed E-state index contributed by atoms with van der Waals surface area (Å²) in [5.41, 5.74) is 5.66. The third-order valence-electron chi connectivity index (χ3n) is 3.32. The largest absolute Gasteiger partial charge is 0.385 e. The average Bonchev–Trinajstić information content (AvgIpc) is 2.79. The van der Waals surface area contributed by atoms with Gasteiger partial charge in [-0.05, 0) is 25.2 Å². The minimum atomic E-state index is -3.21. The van der Waals surface area contributed by atoms with Crippen molar-refractivity contribution in [1.29, 1.82) is 0 Å². The maximum Gasteiger partial charge on any atom is 0.211 e. The summed E-state index contributed by atoms with van der Waals surface area (Å²) in [5.74, 6) is 0.529. The lowest BCUT2D eigenvalue weighted by Gasteiger charge is -2.22. The Morgan fingerprint density at radius 2 is 2.00 bits per heavy atom. The summed E-state index contributed by atoms with van der Waals surface area (Å²) >= 11 is 0. The summed E-state index contributed by atoms with van der Waals surface area (Å²) in [5, 5.41) is 0. The highest BCUT2D eigenvalue weighted by atomic mass is 35.5. The summed E-state index contributed by atoms with van der Waals surface area (Å²) in [7, 11) is -1.64. The van der Waals surface area contributed by atoms with Crippen LogP contribution >= 0.6 is 12.4 Å². The molecule has 110 valence electrons. The van der Waals surface area contributed by atoms with Crippen molar-refractivity contribution in [2.45, 2.75) is 38.1 Å². The molecule has 1 atom stereocenters. The summed E-state index contributed by atoms with van der Waals surface area (Å²) < 4.78 is 31.2. The van der Waals surface area contributed by atoms with Crippen LogP contribution in [-0.4, -0.2) is 40.5 Å². The topological polar surface area (TPSA) is 81.4 Å². The van der Waals surface area contributed by atoms with E-state index in [-0.39, 0.29) is 24.2 Å². The van der Waals surface area contributed by atoms with E-state index < -0.39 is 10.0 Å². The highest BCUT2D eigenvalue weighted by molar-refractivity contribution is 7.89. The van der Waals surface area contributed by atoms with Gasteiger partial charge in [0.05, 0.1) is 5.75 Å². The Kier molecular flexibility index (Phi) is 9.15. The van der Waals surface area contributed by atoms with Crippen LogP contribution in [0.2, 0.25) is 0 Å². The molecule has 5 nitrogen and oxygen atoms in total. The van der Waals surface area contributed by atoms with Gasteiger partial charge in [0.15, 0.2) is 0 Å². The zero-order chi connectivity index (χ0) is 12.7. The third kappa shape index (κ3) is 6.33. The fourth-order valence-corrected chi connectivity index (χ4v) is 3.75. The van der Waals surface area contributed by atoms with Crippen LogP contribution in [0, 0.1) is 5.92 Å². The molecule has 3 N–H and O–H groups in total. The second kappa shape index (κ2) is 9.09. The number of nitrogens with two attached hydrogens (primary N) is 1. The lowest BCUT2D eigenvalue weighted by molar-refractivity contribution is 0.199. The van der Waals surface area contributed by atoms with Crippen molar-refractivity contribution >= 4 is 22.4 Å². The molecule has 1 unspecified atom stereocenters. The number of methoxy groups -OCH3 is 1. The maximum absolute atomic E-state index is 11.8. The molecule has 0 aliphatic heterocycles. The summed E-state index contributed by atoms with van der Waals surface area (Å²) in [6, 6.07) is -0.0926. The molecule has 0 bridgehead atoms. The number of hydrogen-bond acceptors (Lipinski definition) is 4. The van der Waals surface area contributed by atoms with Gasteiger partial charge in [0.25, 0.3) is 0 Å². The number of sulfonamides is 1. The van der Waals surface area contributed by atoms with Gasteiger partial charge >= 0.3 is 0 Å². The molecule has 0 spiro atoms. The average molecular weight is 301 g/mol. The highest BCUT2D eigenvalue weighted by Crippen LogP contribution is 2.27. The van der Waals surface area contributed by atoms with Crippen molar-refractivity contribution in [3.05, 3.63) is 0 Å². The van der Waals surface area contributed by atoms with E-state index in [1.165, 1.54) is 12.8 Å². The molecule has 0 aromatic heterocycles. The standard InChI is InChI=1S/C11H24N2O3S.ClH/c1-16-7-4-8-17(14,15)13-11(9-12)10-5-2-3-6-10;/h10-11,13H,2-9,12H2,1H3;1H. The van der Waals surface area contributed by atoms with Crippen LogP contribution in [0.15, 0.2) is 0 Å². The molecule has 1 aliphatic rings. The van der Waals surface area contributed by atoms with Crippen molar-refractivity contribution in [2.75, 3.05) is 26.0 Å². The van der Waals surface area contributed by atoms with E-state index >= 15 is 0 Å². The molecule has 1 rings (SSSR count). The first kappa shape index (κ1) is 18.1. The summed E-state index contributed by atoms with van der Waals surface area (Å²) in [6.07, 6.45) is 5.07. The Bertz CT molecular complexity index is 305. The number of nitrogens with one attached hydrogen (secondary N) is 1. The van der Waals surface area contributed by atoms with Crippen LogP contribution in [0.25, 0.3) is 0 Å². The summed E-state index contributed by atoms with van der Waals surface area (Å²) in [6.45, 7) is 0.853. The lowest BCUT2D eigenvalue weighted by atomic mass is 9.99. The minimum Gasteiger partial charge on any atom is -0.385 e. The quantitative estimate of drug-likeness (QED) is 0.652. The Morgan fingerprint density at radius 3 is 2.50 bits per heavy atom. The fourth-order valence-electron chi connectivity index (χ4n) is 2.38. The van der Waals surface area contributed by atoms with Crippen molar-refractivity contribution < 1.29 is 13.2 Å². The zero-order valence-corrected chi connectivity index (χ0v) is 12.6. The second-order valence-electron chi connectivity index (χ2n) is 4.67. The lowest BCUT2D eigenvalue weighted by Crippen LogP contribution is -2.45. The Hall–Kier alpha value is 0.120. The smallest absolute Gasteiger partial charge is 0.211 e. The molecular weight excluding hydrogens is 276 g/mol. The highest BCUT2D eigenvalue weighted by Gasteiger charge is 2.27. The SMILES string of the molecule is COCCCS(=O)(=O)NC(CN)C1CCCC1.Cl. The second-order valence-corrected chi connectivity index (χ2v) is 6.54. The van der Waals surface area contributed by atoms with E-state index in [1.54, 1.807) is 7.11 Å². The van der Waals surface area contributed by atoms with Gasteiger partial charge in [0, 0.05) is 26.3 Å². The Balaban J connectivity index is 0.00000289. The third-order valence-corrected chi connectivity index (χ3v) is 4.80. The van der Waals surface area contributed by atoms with Gasteiger partial charge in [-0.3, -0.25) is 0 Å². The molecule has 0 saturated heterocycles. The van der Waals surface area contributed by atoms with Gasteiger partial charge < -0.3 is 10.5 Å². The predicted molar refractivity (Wildman–Crippen MR) is 75.5 cm³/mol. The van der Waals surface area contributed by atoms with E-state index in [0.29, 0.717) is 25.5 Å². The van der Waals surface area contributed by atoms with Crippen LogP contribution in [0.1, 0.15) is 32.1 Å². The fraction of sp³-hybridized carbons (Fsp3) is 1.00. The van der Waals surface area contributed by atoms with Crippen LogP contribution in [0.4, 0.5) is 0 Å². The number of halogens is 1. The van der Waals surface area contributed by atoms with Crippen LogP contribution in [-0.2, 0) is 14.8 Å². The van der Waals surface area contributed by atoms with E-state index in [2.05, 4.69) is 4.72 Å². The van der Waals surface area contributed by atoms with Crippen molar-refractivity contribution in [3.63, 3.8) is 0 Å². The monoisotopic (exact) mass is 300 g/mol. The van der Waals surface area contributed by atoms with E-state index in [0.717, 1.165) is 12.8 Å². The molecule has 0 heterocycles. The first-order valence-corrected chi connectivity index (χ1v) is 7.93. The first-order chi connectivity index (χ1) is 8.09. The molecule has 0 aromatic carbocycles. The number of rotatable bonds is 8. The van der Waals surface area contributed by atoms with Crippen LogP contribution in [0.5, 0.6) is 0 Å². The van der Waals surface area contributed by atoms with Crippen LogP contribution in [0.3, 0.4) is 0 Å². The number of hydrogen-bond donors (Lipinski definition) is 2. The van der Waals surface area contributed by atoms with Gasteiger partial charge in [-0.25, -0.2) is 13.1 Å². The molecule has 0 aromatic rings. The van der Waals surface area contributed by atoms with E-state index in [9.17, 15) is 8.42 Å². The van der Waals surface area contributed by atoms with Gasteiger partial charge in [-0.15, -0.1) is 12.4 Å². The Morgan fingerprint density at radius 1 is 1.39 bits per heavy atom. The van der Waals surface area contributed by atoms with E-state index in [1.807, 2.05) is 0 Å². The molecule has 1 saturated carbocycles. The van der Waals surface area contributed by atoms with E-state index in [4.69, 9.17) is 10.5 Å². The van der Waals surface area contributed by atoms with Crippen LogP contribution < -0.4 is 10.5 Å². The Labute approximate surface area is 116 Å². The van der Waals surface area contributed by atoms with Gasteiger partial charge in [0.1, 0.15) is 0 Å². The van der Waals surface area contributed by atoms with Gasteiger partial charge in [-0.1, -0.05) is 12.8 Å². The van der Waals surface area contributed by atoms with Gasteiger partial charge in [0.2, 0.25) is 10.0 Å². The molecule has 1 fully saturated rings. The molecule has 1 aliphatic carbocycles. The van der Waals surface area contributed by atoms with Crippen molar-refractivity contribution in [2.24, 2.45) is 11.7 Å². The van der Waals surface area contributed by atoms with Gasteiger partial charge in [-0.2, -0.15) is 0 Å². The number of ether oxygens (including phenoxy) is 1. The zero-order valence-electron chi connectivity index (χ0n) is 10.9. The molecule has 18 heavy (non-hydrogen) atoms. The summed E-state index contributed by atoms with van der Waals surface area (Å²) in [4.78, 5) is 0.